The highest BCUT2D eigenvalue weighted by Gasteiger charge is 2.12. The summed E-state index contributed by atoms with van der Waals surface area (Å²) in [6.07, 6.45) is 0.979. The van der Waals surface area contributed by atoms with Gasteiger partial charge in [-0.1, -0.05) is 6.07 Å². The second-order valence-electron chi connectivity index (χ2n) is 5.87. The largest absolute Gasteiger partial charge is 0.493 e. The molecule has 0 saturated carbocycles. The molecule has 0 unspecified atom stereocenters. The number of hydrogen-bond acceptors (Lipinski definition) is 4. The zero-order chi connectivity index (χ0) is 19.1. The minimum atomic E-state index is -0.128. The van der Waals surface area contributed by atoms with E-state index in [1.54, 1.807) is 50.4 Å². The van der Waals surface area contributed by atoms with Crippen LogP contribution in [0.2, 0.25) is 0 Å². The van der Waals surface area contributed by atoms with Gasteiger partial charge in [-0.3, -0.25) is 9.59 Å². The van der Waals surface area contributed by atoms with E-state index < -0.39 is 0 Å². The second kappa shape index (κ2) is 8.89. The van der Waals surface area contributed by atoms with Crippen molar-refractivity contribution < 1.29 is 19.1 Å². The average molecular weight is 356 g/mol. The van der Waals surface area contributed by atoms with Gasteiger partial charge in [0, 0.05) is 31.8 Å². The standard InChI is InChI=1S/C20H24N2O4/c1-14(23)21-16-7-9-17(10-8-16)22(2)20(24)12-6-15-5-11-18(25-3)19(13-15)26-4/h5,7-11,13H,6,12H2,1-4H3,(H,21,23). The van der Waals surface area contributed by atoms with Crippen LogP contribution in [-0.2, 0) is 16.0 Å². The van der Waals surface area contributed by atoms with Gasteiger partial charge in [0.05, 0.1) is 14.2 Å². The SMILES string of the molecule is COc1ccc(CCC(=O)N(C)c2ccc(NC(C)=O)cc2)cc1OC. The maximum atomic E-state index is 12.5. The third-order valence-corrected chi connectivity index (χ3v) is 4.02. The Morgan fingerprint density at radius 2 is 1.65 bits per heavy atom. The molecule has 2 amide bonds. The number of benzene rings is 2. The minimum Gasteiger partial charge on any atom is -0.493 e. The lowest BCUT2D eigenvalue weighted by Crippen LogP contribution is -2.26. The Balaban J connectivity index is 1.97. The fraction of sp³-hybridized carbons (Fsp3) is 0.300. The Morgan fingerprint density at radius 3 is 2.23 bits per heavy atom. The van der Waals surface area contributed by atoms with Crippen molar-refractivity contribution in [3.63, 3.8) is 0 Å². The van der Waals surface area contributed by atoms with Crippen molar-refractivity contribution in [3.8, 4) is 11.5 Å². The molecule has 0 heterocycles. The lowest BCUT2D eigenvalue weighted by Gasteiger charge is -2.18. The summed E-state index contributed by atoms with van der Waals surface area (Å²) in [5, 5.41) is 2.70. The third kappa shape index (κ3) is 4.99. The van der Waals surface area contributed by atoms with Crippen molar-refractivity contribution in [1.82, 2.24) is 0 Å². The van der Waals surface area contributed by atoms with E-state index in [1.165, 1.54) is 6.92 Å². The van der Waals surface area contributed by atoms with E-state index in [0.29, 0.717) is 30.0 Å². The van der Waals surface area contributed by atoms with Crippen LogP contribution < -0.4 is 19.7 Å². The summed E-state index contributed by atoms with van der Waals surface area (Å²) in [6.45, 7) is 1.46. The van der Waals surface area contributed by atoms with Gasteiger partial charge in [0.15, 0.2) is 11.5 Å². The number of nitrogens with zero attached hydrogens (tertiary/aromatic N) is 1. The van der Waals surface area contributed by atoms with Crippen molar-refractivity contribution in [2.75, 3.05) is 31.5 Å². The minimum absolute atomic E-state index is 0.00654. The molecule has 6 heteroatoms. The van der Waals surface area contributed by atoms with Crippen LogP contribution in [0.5, 0.6) is 11.5 Å². The first-order valence-electron chi connectivity index (χ1n) is 8.29. The van der Waals surface area contributed by atoms with E-state index in [-0.39, 0.29) is 11.8 Å². The van der Waals surface area contributed by atoms with E-state index in [1.807, 2.05) is 18.2 Å². The van der Waals surface area contributed by atoms with Gasteiger partial charge in [0.25, 0.3) is 0 Å². The number of methoxy groups -OCH3 is 2. The molecule has 0 atom stereocenters. The molecule has 2 rings (SSSR count). The highest BCUT2D eigenvalue weighted by atomic mass is 16.5. The molecule has 0 aliphatic rings. The number of nitrogens with one attached hydrogen (secondary N) is 1. The van der Waals surface area contributed by atoms with Crippen LogP contribution in [0.4, 0.5) is 11.4 Å². The zero-order valence-corrected chi connectivity index (χ0v) is 15.5. The average Bonchev–Trinajstić information content (AvgIpc) is 2.65. The van der Waals surface area contributed by atoms with Gasteiger partial charge in [0.1, 0.15) is 0 Å². The molecule has 0 spiro atoms. The van der Waals surface area contributed by atoms with Crippen molar-refractivity contribution in [1.29, 1.82) is 0 Å². The molecule has 0 aliphatic carbocycles. The second-order valence-corrected chi connectivity index (χ2v) is 5.87. The molecule has 0 fully saturated rings. The zero-order valence-electron chi connectivity index (χ0n) is 15.5. The smallest absolute Gasteiger partial charge is 0.227 e. The van der Waals surface area contributed by atoms with Gasteiger partial charge in [-0.25, -0.2) is 0 Å². The van der Waals surface area contributed by atoms with E-state index in [0.717, 1.165) is 11.3 Å². The number of carbonyl (C=O) groups is 2. The molecule has 138 valence electrons. The van der Waals surface area contributed by atoms with Crippen molar-refractivity contribution in [2.45, 2.75) is 19.8 Å². The first-order valence-corrected chi connectivity index (χ1v) is 8.29. The number of carbonyl (C=O) groups excluding carboxylic acids is 2. The number of anilines is 2. The van der Waals surface area contributed by atoms with Gasteiger partial charge in [-0.2, -0.15) is 0 Å². The predicted octanol–water partition coefficient (Wildman–Crippen LogP) is 3.26. The molecule has 6 nitrogen and oxygen atoms in total. The maximum absolute atomic E-state index is 12.5. The fourth-order valence-corrected chi connectivity index (χ4v) is 2.57. The quantitative estimate of drug-likeness (QED) is 0.827. The summed E-state index contributed by atoms with van der Waals surface area (Å²) < 4.78 is 10.5. The van der Waals surface area contributed by atoms with E-state index in [4.69, 9.17) is 9.47 Å². The molecule has 0 radical (unpaired) electrons. The molecular formula is C20H24N2O4. The van der Waals surface area contributed by atoms with Crippen LogP contribution in [0, 0.1) is 0 Å². The third-order valence-electron chi connectivity index (χ3n) is 4.02. The lowest BCUT2D eigenvalue weighted by atomic mass is 10.1. The van der Waals surface area contributed by atoms with Crippen LogP contribution in [-0.4, -0.2) is 33.1 Å². The van der Waals surface area contributed by atoms with Crippen LogP contribution in [0.1, 0.15) is 18.9 Å². The highest BCUT2D eigenvalue weighted by molar-refractivity contribution is 5.93. The maximum Gasteiger partial charge on any atom is 0.227 e. The molecule has 2 aromatic rings. The molecule has 0 aromatic heterocycles. The Hall–Kier alpha value is -3.02. The first-order chi connectivity index (χ1) is 12.4. The van der Waals surface area contributed by atoms with Crippen molar-refractivity contribution >= 4 is 23.2 Å². The summed E-state index contributed by atoms with van der Waals surface area (Å²) in [4.78, 5) is 25.1. The van der Waals surface area contributed by atoms with Crippen molar-refractivity contribution in [3.05, 3.63) is 48.0 Å². The van der Waals surface area contributed by atoms with Gasteiger partial charge in [-0.05, 0) is 48.4 Å². The predicted molar refractivity (Wildman–Crippen MR) is 102 cm³/mol. The van der Waals surface area contributed by atoms with Gasteiger partial charge < -0.3 is 19.7 Å². The van der Waals surface area contributed by atoms with Crippen LogP contribution in [0.3, 0.4) is 0 Å². The molecule has 2 aromatic carbocycles. The molecule has 0 saturated heterocycles. The van der Waals surface area contributed by atoms with Crippen LogP contribution in [0.15, 0.2) is 42.5 Å². The lowest BCUT2D eigenvalue weighted by molar-refractivity contribution is -0.118. The first kappa shape index (κ1) is 19.3. The Morgan fingerprint density at radius 1 is 1.00 bits per heavy atom. The highest BCUT2D eigenvalue weighted by Crippen LogP contribution is 2.28. The van der Waals surface area contributed by atoms with E-state index in [9.17, 15) is 9.59 Å². The molecular weight excluding hydrogens is 332 g/mol. The number of aryl methyl sites for hydroxylation is 1. The summed E-state index contributed by atoms with van der Waals surface area (Å²) in [7, 11) is 4.92. The topological polar surface area (TPSA) is 67.9 Å². The summed E-state index contributed by atoms with van der Waals surface area (Å²) >= 11 is 0. The van der Waals surface area contributed by atoms with Gasteiger partial charge in [0.2, 0.25) is 11.8 Å². The van der Waals surface area contributed by atoms with Gasteiger partial charge in [-0.15, -0.1) is 0 Å². The monoisotopic (exact) mass is 356 g/mol. The molecule has 1 N–H and O–H groups in total. The van der Waals surface area contributed by atoms with Crippen LogP contribution >= 0.6 is 0 Å². The summed E-state index contributed by atoms with van der Waals surface area (Å²) in [5.74, 6) is 1.20. The summed E-state index contributed by atoms with van der Waals surface area (Å²) in [6, 6.07) is 12.8. The fourth-order valence-electron chi connectivity index (χ4n) is 2.57. The molecule has 0 aliphatic heterocycles. The number of rotatable bonds is 7. The number of amides is 2. The number of ether oxygens (including phenoxy) is 2. The molecule has 0 bridgehead atoms. The Labute approximate surface area is 153 Å². The normalized spacial score (nSPS) is 10.2. The Bertz CT molecular complexity index is 772. The van der Waals surface area contributed by atoms with Crippen LogP contribution in [0.25, 0.3) is 0 Å². The summed E-state index contributed by atoms with van der Waals surface area (Å²) in [5.41, 5.74) is 2.48. The van der Waals surface area contributed by atoms with Gasteiger partial charge >= 0.3 is 0 Å². The van der Waals surface area contributed by atoms with E-state index >= 15 is 0 Å². The molecule has 26 heavy (non-hydrogen) atoms. The van der Waals surface area contributed by atoms with Crippen molar-refractivity contribution in [2.24, 2.45) is 0 Å². The van der Waals surface area contributed by atoms with E-state index in [2.05, 4.69) is 5.32 Å². The Kier molecular flexibility index (Phi) is 6.60. The number of hydrogen-bond donors (Lipinski definition) is 1.